The first-order chi connectivity index (χ1) is 49.0. The number of nitrogens with two attached hydrogens (primary N) is 3. The van der Waals surface area contributed by atoms with E-state index in [1.54, 1.807) is 121 Å². The van der Waals surface area contributed by atoms with Crippen molar-refractivity contribution in [3.05, 3.63) is 144 Å². The molecule has 12 amide bonds. The minimum Gasteiger partial charge on any atom is -0.394 e. The van der Waals surface area contributed by atoms with Gasteiger partial charge >= 0.3 is 0 Å². The number of amides is 12. The fourth-order valence-electron chi connectivity index (χ4n) is 11.6. The van der Waals surface area contributed by atoms with Gasteiger partial charge in [0.2, 0.25) is 70.9 Å². The normalized spacial score (nSPS) is 22.7. The Morgan fingerprint density at radius 2 is 0.784 bits per heavy atom. The maximum Gasteiger partial charge on any atom is 0.245 e. The Morgan fingerprint density at radius 1 is 0.422 bits per heavy atom. The summed E-state index contributed by atoms with van der Waals surface area (Å²) in [6.07, 6.45) is 0.374. The summed E-state index contributed by atoms with van der Waals surface area (Å²) in [7, 11) is 0. The number of aromatic nitrogens is 1. The van der Waals surface area contributed by atoms with E-state index in [0.717, 1.165) is 26.2 Å². The van der Waals surface area contributed by atoms with E-state index in [9.17, 15) is 58.5 Å². The number of hydrogen-bond acceptors (Lipinski definition) is 17. The molecule has 1 aliphatic rings. The zero-order valence-electron chi connectivity index (χ0n) is 57.6. The number of carbonyl (C=O) groups is 12. The third-order valence-corrected chi connectivity index (χ3v) is 17.3. The zero-order chi connectivity index (χ0) is 74.1. The third-order valence-electron chi connectivity index (χ3n) is 17.3. The van der Waals surface area contributed by atoms with Crippen LogP contribution in [0.3, 0.4) is 0 Å². The van der Waals surface area contributed by atoms with Crippen molar-refractivity contribution in [1.82, 2.24) is 63.5 Å². The lowest BCUT2D eigenvalue weighted by atomic mass is 10.00. The van der Waals surface area contributed by atoms with Crippen molar-refractivity contribution in [2.24, 2.45) is 17.2 Å². The first-order valence-corrected chi connectivity index (χ1v) is 34.6. The van der Waals surface area contributed by atoms with Crippen LogP contribution < -0.4 is 75.7 Å². The number of carbonyl (C=O) groups excluding carboxylic acids is 12. The molecule has 6 rings (SSSR count). The Kier molecular flexibility index (Phi) is 33.4. The molecule has 1 aliphatic heterocycles. The number of unbranched alkanes of at least 4 members (excludes halogenated alkanes) is 5. The van der Waals surface area contributed by atoms with Gasteiger partial charge in [-0.05, 0) is 107 Å². The van der Waals surface area contributed by atoms with Gasteiger partial charge in [0, 0.05) is 55.7 Å². The topological polar surface area (TPSA) is 492 Å². The quantitative estimate of drug-likeness (QED) is 0.0247. The second kappa shape index (κ2) is 42.2. The second-order valence-corrected chi connectivity index (χ2v) is 25.5. The molecule has 1 aromatic heterocycles. The molecule has 21 N–H and O–H groups in total. The van der Waals surface area contributed by atoms with Crippen molar-refractivity contribution in [3.63, 3.8) is 0 Å². The van der Waals surface area contributed by atoms with Gasteiger partial charge in [0.25, 0.3) is 0 Å². The van der Waals surface area contributed by atoms with E-state index in [1.165, 1.54) is 6.92 Å². The highest BCUT2D eigenvalue weighted by molar-refractivity contribution is 6.01. The number of aromatic amines is 1. The van der Waals surface area contributed by atoms with E-state index in [4.69, 9.17) is 17.2 Å². The highest BCUT2D eigenvalue weighted by Crippen LogP contribution is 2.21. The van der Waals surface area contributed by atoms with Gasteiger partial charge in [0.1, 0.15) is 60.4 Å². The summed E-state index contributed by atoms with van der Waals surface area (Å²) in [5.41, 5.74) is 19.9. The van der Waals surface area contributed by atoms with E-state index in [0.29, 0.717) is 52.5 Å². The van der Waals surface area contributed by atoms with Gasteiger partial charge in [-0.3, -0.25) is 57.5 Å². The Balaban J connectivity index is 1.45. The number of fused-ring (bicyclic) bond motifs is 1. The summed E-state index contributed by atoms with van der Waals surface area (Å²) in [6.45, 7) is 2.02. The van der Waals surface area contributed by atoms with Crippen molar-refractivity contribution >= 4 is 81.8 Å². The van der Waals surface area contributed by atoms with E-state index < -0.39 is 151 Å². The predicted octanol–water partition coefficient (Wildman–Crippen LogP) is -1.75. The molecule has 2 heterocycles. The molecule has 0 bridgehead atoms. The van der Waals surface area contributed by atoms with Crippen LogP contribution in [-0.4, -0.2) is 190 Å². The molecule has 30 nitrogen and oxygen atoms in total. The van der Waals surface area contributed by atoms with Crippen LogP contribution in [0.25, 0.3) is 10.9 Å². The zero-order valence-corrected chi connectivity index (χ0v) is 57.6. The standard InChI is InChI=1S/C72H99N15O15/c1-43(89)61-71(101)84-55(38-47-26-12-7-13-27-47)69(99)87-62(44(2)90)72(102)85-58(42-88)70(100)79-51(31-18-21-35-76-60(92)32-14-3-4-19-33-73)63(93)83-57(40-59(75)91)68(98)81-53(36-45-22-8-5-9-23-45)65(95)80-54(37-46-24-10-6-11-25-46)66(96)82-56(39-48-41-77-50-29-16-15-28-49(48)50)67(97)78-52(64(94)86-61)30-17-20-34-74/h5-13,15-16,22-29,41,43-44,51-58,61-62,77,88-90H,3-4,14,17-21,30-40,42,73-74H2,1-2H3,(H2,75,91)(H,76,92)(H,78,97)(H,79,100)(H,80,95)(H,81,98)(H,82,96)(H,83,93)(H,84,101)(H,85,102)(H,86,94)(H,87,99)/t43-,44-,51+,52+,53+,54+,55+,56-,57+,58+,61+,62+/m1/s1. The molecule has 552 valence electrons. The summed E-state index contributed by atoms with van der Waals surface area (Å²) in [4.78, 5) is 176. The number of H-pyrrole nitrogens is 1. The fourth-order valence-corrected chi connectivity index (χ4v) is 11.6. The fraction of sp³-hybridized carbons (Fsp3) is 0.472. The van der Waals surface area contributed by atoms with E-state index in [-0.39, 0.29) is 83.2 Å². The van der Waals surface area contributed by atoms with Gasteiger partial charge in [-0.15, -0.1) is 0 Å². The van der Waals surface area contributed by atoms with E-state index in [1.807, 2.05) is 0 Å². The lowest BCUT2D eigenvalue weighted by Gasteiger charge is -2.30. The molecule has 102 heavy (non-hydrogen) atoms. The summed E-state index contributed by atoms with van der Waals surface area (Å²) in [5, 5.41) is 62.2. The predicted molar refractivity (Wildman–Crippen MR) is 378 cm³/mol. The number of rotatable bonds is 28. The number of hydrogen-bond donors (Lipinski definition) is 18. The van der Waals surface area contributed by atoms with Crippen LogP contribution in [0, 0.1) is 0 Å². The van der Waals surface area contributed by atoms with Crippen LogP contribution in [0.15, 0.2) is 121 Å². The smallest absolute Gasteiger partial charge is 0.245 e. The Hall–Kier alpha value is -10.1. The molecular weight excluding hydrogens is 1310 g/mol. The van der Waals surface area contributed by atoms with Gasteiger partial charge in [0.05, 0.1) is 25.2 Å². The monoisotopic (exact) mass is 1410 g/mol. The molecule has 0 unspecified atom stereocenters. The molecule has 1 fully saturated rings. The molecule has 0 aliphatic carbocycles. The number of aliphatic hydroxyl groups is 3. The van der Waals surface area contributed by atoms with Crippen LogP contribution in [0.2, 0.25) is 0 Å². The SMILES string of the molecule is C[C@@H](O)[C@@H]1NC(=O)[C@H](Cc2ccccc2)NC(=O)[C@H]([C@@H](C)O)NC(=O)[C@H](CCCCN)NC(=O)[C@@H](Cc2c[nH]c3ccccc23)NC(=O)[C@H](Cc2ccccc2)NC(=O)[C@H](Cc2ccccc2)NC(=O)[C@H](CC(N)=O)NC(=O)[C@H](CCCCNC(=O)CCCCCCN)NC(=O)[C@H](CO)NC1=O. The summed E-state index contributed by atoms with van der Waals surface area (Å²) in [5.74, 6) is -12.0. The molecular formula is C72H99N15O15. The number of primary amides is 1. The summed E-state index contributed by atoms with van der Waals surface area (Å²) in [6, 6.07) is 15.3. The Bertz CT molecular complexity index is 3580. The largest absolute Gasteiger partial charge is 0.394 e. The van der Waals surface area contributed by atoms with Gasteiger partial charge in [-0.25, -0.2) is 0 Å². The number of nitrogens with one attached hydrogen (secondary N) is 12. The summed E-state index contributed by atoms with van der Waals surface area (Å²) >= 11 is 0. The molecule has 5 aromatic rings. The molecule has 0 saturated carbocycles. The number of aliphatic hydroxyl groups excluding tert-OH is 3. The van der Waals surface area contributed by atoms with Crippen LogP contribution in [-0.2, 0) is 83.2 Å². The highest BCUT2D eigenvalue weighted by Gasteiger charge is 2.39. The first kappa shape index (κ1) is 80.8. The van der Waals surface area contributed by atoms with Crippen LogP contribution in [0.5, 0.6) is 0 Å². The van der Waals surface area contributed by atoms with Crippen molar-refractivity contribution < 1.29 is 72.9 Å². The number of benzene rings is 4. The van der Waals surface area contributed by atoms with Crippen molar-refractivity contribution in [3.8, 4) is 0 Å². The third kappa shape index (κ3) is 26.4. The molecule has 1 saturated heterocycles. The van der Waals surface area contributed by atoms with Crippen LogP contribution in [0.1, 0.15) is 113 Å². The Morgan fingerprint density at radius 3 is 1.25 bits per heavy atom. The van der Waals surface area contributed by atoms with E-state index >= 15 is 14.4 Å². The summed E-state index contributed by atoms with van der Waals surface area (Å²) < 4.78 is 0. The average Bonchev–Trinajstić information content (AvgIpc) is 1.41. The minimum atomic E-state index is -1.93. The number of para-hydroxylation sites is 1. The maximum atomic E-state index is 15.3. The maximum absolute atomic E-state index is 15.3. The lowest BCUT2D eigenvalue weighted by molar-refractivity contribution is -0.138. The molecule has 0 spiro atoms. The van der Waals surface area contributed by atoms with Crippen LogP contribution >= 0.6 is 0 Å². The lowest BCUT2D eigenvalue weighted by Crippen LogP contribution is -2.64. The van der Waals surface area contributed by atoms with Gasteiger partial charge in [0.15, 0.2) is 0 Å². The molecule has 4 aromatic carbocycles. The highest BCUT2D eigenvalue weighted by atomic mass is 16.3. The van der Waals surface area contributed by atoms with Crippen molar-refractivity contribution in [1.29, 1.82) is 0 Å². The van der Waals surface area contributed by atoms with E-state index in [2.05, 4.69) is 63.5 Å². The van der Waals surface area contributed by atoms with Gasteiger partial charge in [-0.1, -0.05) is 122 Å². The molecule has 0 radical (unpaired) electrons. The second-order valence-electron chi connectivity index (χ2n) is 25.5. The first-order valence-electron chi connectivity index (χ1n) is 34.6. The van der Waals surface area contributed by atoms with Crippen LogP contribution in [0.4, 0.5) is 0 Å². The van der Waals surface area contributed by atoms with Crippen molar-refractivity contribution in [2.75, 3.05) is 26.2 Å². The molecule has 12 atom stereocenters. The Labute approximate surface area is 592 Å². The van der Waals surface area contributed by atoms with Gasteiger partial charge < -0.3 is 96.0 Å². The van der Waals surface area contributed by atoms with Gasteiger partial charge in [-0.2, -0.15) is 0 Å². The molecule has 30 heteroatoms. The minimum absolute atomic E-state index is 0.0950. The van der Waals surface area contributed by atoms with Crippen molar-refractivity contribution in [2.45, 2.75) is 189 Å². The average molecular weight is 1410 g/mol.